The molecule has 0 unspecified atom stereocenters. The number of carbonyl (C=O) groups excluding carboxylic acids is 1. The van der Waals surface area contributed by atoms with Crippen molar-refractivity contribution in [1.29, 1.82) is 0 Å². The molecule has 0 atom stereocenters. The number of ether oxygens (including phenoxy) is 2. The fraction of sp³-hybridized carbons (Fsp3) is 0.211. The number of amides is 2. The lowest BCUT2D eigenvalue weighted by atomic mass is 10.1. The van der Waals surface area contributed by atoms with E-state index in [2.05, 4.69) is 40.5 Å². The standard InChI is InChI=1S/C38H38N6O4S/c1-24(2)33-23-36(44(43-33)27-11-9-25(3)10-12-27)42-38(46)40-32-13-14-34(31-8-6-5-7-30(31)32)48-37-15-16-39-35(41-37)21-26-19-28(47-4)22-29(20-26)49-18-17-45/h5-16,19-20,22-24,45H,17-18,21H2,1-4H3,(H2,40,42,46). The zero-order valence-corrected chi connectivity index (χ0v) is 28.6. The minimum Gasteiger partial charge on any atom is -0.497 e. The number of anilines is 2. The Kier molecular flexibility index (Phi) is 10.4. The summed E-state index contributed by atoms with van der Waals surface area (Å²) in [5, 5.41) is 21.6. The molecule has 0 aliphatic heterocycles. The minimum atomic E-state index is -0.390. The highest BCUT2D eigenvalue weighted by molar-refractivity contribution is 7.99. The van der Waals surface area contributed by atoms with Crippen molar-refractivity contribution in [3.8, 4) is 23.1 Å². The van der Waals surface area contributed by atoms with E-state index in [4.69, 9.17) is 14.6 Å². The lowest BCUT2D eigenvalue weighted by molar-refractivity contribution is 0.262. The molecule has 2 amide bonds. The third-order valence-corrected chi connectivity index (χ3v) is 8.72. The van der Waals surface area contributed by atoms with E-state index in [1.54, 1.807) is 35.8 Å². The van der Waals surface area contributed by atoms with Crippen LogP contribution in [0.15, 0.2) is 102 Å². The number of hydrogen-bond acceptors (Lipinski definition) is 8. The van der Waals surface area contributed by atoms with Gasteiger partial charge in [-0.2, -0.15) is 10.1 Å². The van der Waals surface area contributed by atoms with Crippen LogP contribution in [0.5, 0.6) is 17.4 Å². The van der Waals surface area contributed by atoms with E-state index in [0.717, 1.165) is 43.9 Å². The van der Waals surface area contributed by atoms with Crippen molar-refractivity contribution in [2.75, 3.05) is 30.1 Å². The summed E-state index contributed by atoms with van der Waals surface area (Å²) in [6.45, 7) is 6.27. The van der Waals surface area contributed by atoms with Crippen LogP contribution in [0.3, 0.4) is 0 Å². The van der Waals surface area contributed by atoms with Gasteiger partial charge in [-0.15, -0.1) is 11.8 Å². The van der Waals surface area contributed by atoms with Crippen LogP contribution >= 0.6 is 11.8 Å². The van der Waals surface area contributed by atoms with Crippen LogP contribution in [-0.2, 0) is 6.42 Å². The molecule has 0 spiro atoms. The van der Waals surface area contributed by atoms with E-state index in [1.165, 1.54) is 0 Å². The molecular weight excluding hydrogens is 637 g/mol. The molecule has 49 heavy (non-hydrogen) atoms. The molecule has 0 fully saturated rings. The summed E-state index contributed by atoms with van der Waals surface area (Å²) in [7, 11) is 1.63. The van der Waals surface area contributed by atoms with Gasteiger partial charge in [0.25, 0.3) is 0 Å². The van der Waals surface area contributed by atoms with Crippen molar-refractivity contribution in [3.63, 3.8) is 0 Å². The lowest BCUT2D eigenvalue weighted by Crippen LogP contribution is -2.21. The Morgan fingerprint density at radius 3 is 2.51 bits per heavy atom. The van der Waals surface area contributed by atoms with E-state index < -0.39 is 6.03 Å². The zero-order valence-electron chi connectivity index (χ0n) is 27.8. The van der Waals surface area contributed by atoms with Crippen molar-refractivity contribution in [2.24, 2.45) is 0 Å². The average molecular weight is 675 g/mol. The number of fused-ring (bicyclic) bond motifs is 1. The number of urea groups is 1. The van der Waals surface area contributed by atoms with Crippen LogP contribution in [0.25, 0.3) is 16.5 Å². The number of aromatic nitrogens is 4. The number of aliphatic hydroxyl groups excluding tert-OH is 1. The minimum absolute atomic E-state index is 0.0960. The number of carbonyl (C=O) groups is 1. The Hall–Kier alpha value is -5.39. The summed E-state index contributed by atoms with van der Waals surface area (Å²) in [6.07, 6.45) is 2.15. The normalized spacial score (nSPS) is 11.1. The summed E-state index contributed by atoms with van der Waals surface area (Å²) < 4.78 is 13.5. The molecule has 6 aromatic rings. The van der Waals surface area contributed by atoms with Gasteiger partial charge in [-0.3, -0.25) is 5.32 Å². The van der Waals surface area contributed by atoms with Gasteiger partial charge >= 0.3 is 6.03 Å². The van der Waals surface area contributed by atoms with Crippen molar-refractivity contribution in [2.45, 2.75) is 38.0 Å². The number of aliphatic hydroxyl groups is 1. The Balaban J connectivity index is 1.20. The Labute approximate surface area is 289 Å². The van der Waals surface area contributed by atoms with Gasteiger partial charge in [0.15, 0.2) is 0 Å². The summed E-state index contributed by atoms with van der Waals surface area (Å²) in [5.41, 5.74) is 4.49. The zero-order chi connectivity index (χ0) is 34.3. The molecule has 2 heterocycles. The maximum Gasteiger partial charge on any atom is 0.324 e. The van der Waals surface area contributed by atoms with Gasteiger partial charge in [-0.1, -0.05) is 55.8 Å². The van der Waals surface area contributed by atoms with Gasteiger partial charge in [0.1, 0.15) is 23.1 Å². The molecule has 0 aliphatic carbocycles. The van der Waals surface area contributed by atoms with Crippen LogP contribution in [0.1, 0.15) is 42.4 Å². The van der Waals surface area contributed by atoms with Crippen LogP contribution in [0.4, 0.5) is 16.3 Å². The van der Waals surface area contributed by atoms with Crippen molar-refractivity contribution in [1.82, 2.24) is 19.7 Å². The molecular formula is C38H38N6O4S. The topological polar surface area (TPSA) is 123 Å². The number of rotatable bonds is 12. The van der Waals surface area contributed by atoms with E-state index in [0.29, 0.717) is 41.1 Å². The van der Waals surface area contributed by atoms with E-state index in [9.17, 15) is 9.90 Å². The summed E-state index contributed by atoms with van der Waals surface area (Å²) in [4.78, 5) is 23.5. The predicted octanol–water partition coefficient (Wildman–Crippen LogP) is 8.37. The molecule has 2 aromatic heterocycles. The van der Waals surface area contributed by atoms with Crippen molar-refractivity contribution >= 4 is 40.1 Å². The second kappa shape index (κ2) is 15.2. The molecule has 3 N–H and O–H groups in total. The van der Waals surface area contributed by atoms with Crippen LogP contribution < -0.4 is 20.1 Å². The first-order valence-electron chi connectivity index (χ1n) is 16.0. The first-order chi connectivity index (χ1) is 23.8. The Bertz CT molecular complexity index is 2080. The highest BCUT2D eigenvalue weighted by Crippen LogP contribution is 2.34. The van der Waals surface area contributed by atoms with Gasteiger partial charge in [0.05, 0.1) is 30.8 Å². The molecule has 6 rings (SSSR count). The molecule has 11 heteroatoms. The van der Waals surface area contributed by atoms with Gasteiger partial charge in [-0.25, -0.2) is 14.5 Å². The SMILES string of the molecule is COc1cc(Cc2nccc(Oc3ccc(NC(=O)Nc4cc(C(C)C)nn4-c4ccc(C)cc4)c4ccccc34)n2)cc(SCCO)c1. The predicted molar refractivity (Wildman–Crippen MR) is 195 cm³/mol. The fourth-order valence-electron chi connectivity index (χ4n) is 5.31. The first-order valence-corrected chi connectivity index (χ1v) is 17.0. The Morgan fingerprint density at radius 2 is 1.76 bits per heavy atom. The monoisotopic (exact) mass is 674 g/mol. The molecule has 0 saturated heterocycles. The molecule has 250 valence electrons. The van der Waals surface area contributed by atoms with Crippen LogP contribution in [0.2, 0.25) is 0 Å². The summed E-state index contributed by atoms with van der Waals surface area (Å²) >= 11 is 1.56. The van der Waals surface area contributed by atoms with Crippen molar-refractivity contribution < 1.29 is 19.4 Å². The number of thioether (sulfide) groups is 1. The summed E-state index contributed by atoms with van der Waals surface area (Å²) in [6, 6.07) is 28.5. The van der Waals surface area contributed by atoms with E-state index in [1.807, 2.05) is 85.8 Å². The number of benzene rings is 4. The van der Waals surface area contributed by atoms with Gasteiger partial charge in [-0.05, 0) is 60.9 Å². The molecule has 0 radical (unpaired) electrons. The van der Waals surface area contributed by atoms with Crippen LogP contribution in [0, 0.1) is 6.92 Å². The maximum absolute atomic E-state index is 13.4. The molecule has 0 saturated carbocycles. The number of hydrogen-bond donors (Lipinski definition) is 3. The second-order valence-corrected chi connectivity index (χ2v) is 12.9. The Morgan fingerprint density at radius 1 is 0.959 bits per heavy atom. The van der Waals surface area contributed by atoms with Gasteiger partial charge in [0.2, 0.25) is 5.88 Å². The third kappa shape index (κ3) is 8.19. The number of nitrogens with one attached hydrogen (secondary N) is 2. The highest BCUT2D eigenvalue weighted by Gasteiger charge is 2.17. The fourth-order valence-corrected chi connectivity index (χ4v) is 6.07. The van der Waals surface area contributed by atoms with Crippen molar-refractivity contribution in [3.05, 3.63) is 120 Å². The second-order valence-electron chi connectivity index (χ2n) is 11.8. The third-order valence-electron chi connectivity index (χ3n) is 7.76. The van der Waals surface area contributed by atoms with Crippen LogP contribution in [-0.4, -0.2) is 50.4 Å². The number of methoxy groups -OCH3 is 1. The average Bonchev–Trinajstić information content (AvgIpc) is 3.52. The smallest absolute Gasteiger partial charge is 0.324 e. The van der Waals surface area contributed by atoms with E-state index >= 15 is 0 Å². The largest absolute Gasteiger partial charge is 0.497 e. The number of aryl methyl sites for hydroxylation is 1. The lowest BCUT2D eigenvalue weighted by Gasteiger charge is -2.14. The van der Waals surface area contributed by atoms with Gasteiger partial charge < -0.3 is 19.9 Å². The quantitative estimate of drug-likeness (QED) is 0.111. The highest BCUT2D eigenvalue weighted by atomic mass is 32.2. The molecule has 0 aliphatic rings. The van der Waals surface area contributed by atoms with Gasteiger partial charge in [0, 0.05) is 46.2 Å². The molecule has 4 aromatic carbocycles. The summed E-state index contributed by atoms with van der Waals surface area (Å²) in [5.74, 6) is 3.67. The molecule has 10 nitrogen and oxygen atoms in total. The molecule has 0 bridgehead atoms. The first kappa shape index (κ1) is 33.5. The maximum atomic E-state index is 13.4. The number of nitrogens with zero attached hydrogens (tertiary/aromatic N) is 4. The van der Waals surface area contributed by atoms with E-state index in [-0.39, 0.29) is 12.5 Å².